The van der Waals surface area contributed by atoms with E-state index in [1.54, 1.807) is 23.5 Å². The first-order valence-corrected chi connectivity index (χ1v) is 15.5. The molecule has 14 nitrogen and oxygen atoms in total. The molecule has 2 aromatic heterocycles. The second-order valence-corrected chi connectivity index (χ2v) is 11.1. The molecule has 2 aromatic carbocycles. The molecule has 2 amide bonds. The van der Waals surface area contributed by atoms with Gasteiger partial charge in [0, 0.05) is 47.2 Å². The van der Waals surface area contributed by atoms with Gasteiger partial charge in [-0.05, 0) is 33.0 Å². The lowest BCUT2D eigenvalue weighted by Crippen LogP contribution is -2.29. The van der Waals surface area contributed by atoms with Gasteiger partial charge in [0.1, 0.15) is 37.2 Å². The lowest BCUT2D eigenvalue weighted by Gasteiger charge is -2.15. The summed E-state index contributed by atoms with van der Waals surface area (Å²) in [7, 11) is 0. The standard InChI is InChI=1S/C26H32N10O4S2/c37-25(17-35-19-29-31-33-35)27-9-13-41-15-11-39-23-7-3-1-5-21(23)22-6-2-4-8-24(22)40-12-16-42-14-10-28-26(38)18-36-20-30-32-34-36/h1-8,19-20H,9-18H2,(H,27,37)(H,28,38). The van der Waals surface area contributed by atoms with Crippen LogP contribution in [0.1, 0.15) is 0 Å². The smallest absolute Gasteiger partial charge is 0.241 e. The third-order valence-corrected chi connectivity index (χ3v) is 7.46. The molecular weight excluding hydrogens is 580 g/mol. The van der Waals surface area contributed by atoms with Gasteiger partial charge in [0.25, 0.3) is 0 Å². The predicted molar refractivity (Wildman–Crippen MR) is 159 cm³/mol. The van der Waals surface area contributed by atoms with Crippen LogP contribution in [0.4, 0.5) is 0 Å². The van der Waals surface area contributed by atoms with Gasteiger partial charge < -0.3 is 20.1 Å². The highest BCUT2D eigenvalue weighted by Crippen LogP contribution is 2.36. The first-order valence-electron chi connectivity index (χ1n) is 13.2. The van der Waals surface area contributed by atoms with Crippen LogP contribution in [0, 0.1) is 0 Å². The number of tetrazole rings is 2. The molecular formula is C26H32N10O4S2. The van der Waals surface area contributed by atoms with Crippen molar-refractivity contribution in [2.45, 2.75) is 13.1 Å². The summed E-state index contributed by atoms with van der Waals surface area (Å²) in [5.74, 6) is 4.42. The van der Waals surface area contributed by atoms with Gasteiger partial charge in [0.05, 0.1) is 13.2 Å². The predicted octanol–water partition coefficient (Wildman–Crippen LogP) is 1.18. The second-order valence-electron chi connectivity index (χ2n) is 8.63. The number of amides is 2. The van der Waals surface area contributed by atoms with Gasteiger partial charge in [-0.1, -0.05) is 36.4 Å². The molecule has 0 aliphatic carbocycles. The van der Waals surface area contributed by atoms with E-state index in [4.69, 9.17) is 9.47 Å². The highest BCUT2D eigenvalue weighted by Gasteiger charge is 2.11. The summed E-state index contributed by atoms with van der Waals surface area (Å²) in [6.45, 7) is 2.39. The Kier molecular flexibility index (Phi) is 12.9. The van der Waals surface area contributed by atoms with E-state index in [9.17, 15) is 9.59 Å². The molecule has 0 radical (unpaired) electrons. The number of benzene rings is 2. The zero-order valence-corrected chi connectivity index (χ0v) is 24.5. The van der Waals surface area contributed by atoms with E-state index in [1.807, 2.05) is 48.5 Å². The number of rotatable bonds is 19. The van der Waals surface area contributed by atoms with E-state index in [-0.39, 0.29) is 24.9 Å². The van der Waals surface area contributed by atoms with Gasteiger partial charge in [0.2, 0.25) is 11.8 Å². The fraction of sp³-hybridized carbons (Fsp3) is 0.385. The Morgan fingerprint density at radius 3 is 1.55 bits per heavy atom. The molecule has 16 heteroatoms. The Bertz CT molecular complexity index is 1260. The van der Waals surface area contributed by atoms with Crippen molar-refractivity contribution in [1.82, 2.24) is 51.0 Å². The molecule has 0 unspecified atom stereocenters. The highest BCUT2D eigenvalue weighted by molar-refractivity contribution is 7.99. The highest BCUT2D eigenvalue weighted by atomic mass is 32.2. The van der Waals surface area contributed by atoms with Crippen molar-refractivity contribution in [1.29, 1.82) is 0 Å². The molecule has 0 atom stereocenters. The maximum Gasteiger partial charge on any atom is 0.241 e. The fourth-order valence-electron chi connectivity index (χ4n) is 3.69. The average Bonchev–Trinajstić information content (AvgIpc) is 3.71. The summed E-state index contributed by atoms with van der Waals surface area (Å²) in [5.41, 5.74) is 1.93. The molecule has 0 aliphatic heterocycles. The largest absolute Gasteiger partial charge is 0.492 e. The van der Waals surface area contributed by atoms with Crippen LogP contribution in [0.15, 0.2) is 61.2 Å². The summed E-state index contributed by atoms with van der Waals surface area (Å²) < 4.78 is 15.0. The molecule has 0 saturated carbocycles. The van der Waals surface area contributed by atoms with E-state index >= 15 is 0 Å². The van der Waals surface area contributed by atoms with Crippen LogP contribution in [0.2, 0.25) is 0 Å². The number of hydrogen-bond acceptors (Lipinski definition) is 12. The van der Waals surface area contributed by atoms with Gasteiger partial charge >= 0.3 is 0 Å². The molecule has 222 valence electrons. The van der Waals surface area contributed by atoms with E-state index in [0.717, 1.165) is 45.6 Å². The molecule has 0 saturated heterocycles. The van der Waals surface area contributed by atoms with Crippen molar-refractivity contribution in [3.63, 3.8) is 0 Å². The number of hydrogen-bond donors (Lipinski definition) is 2. The van der Waals surface area contributed by atoms with E-state index < -0.39 is 0 Å². The van der Waals surface area contributed by atoms with Crippen LogP contribution < -0.4 is 20.1 Å². The molecule has 2 N–H and O–H groups in total. The van der Waals surface area contributed by atoms with E-state index in [0.29, 0.717) is 26.3 Å². The van der Waals surface area contributed by atoms with Crippen LogP contribution >= 0.6 is 23.5 Å². The molecule has 0 bridgehead atoms. The number of nitrogens with zero attached hydrogens (tertiary/aromatic N) is 8. The quantitative estimate of drug-likeness (QED) is 0.146. The van der Waals surface area contributed by atoms with Crippen molar-refractivity contribution in [2.75, 3.05) is 49.3 Å². The van der Waals surface area contributed by atoms with Crippen LogP contribution in [0.25, 0.3) is 11.1 Å². The minimum absolute atomic E-state index is 0.103. The van der Waals surface area contributed by atoms with Crippen molar-refractivity contribution >= 4 is 35.3 Å². The minimum atomic E-state index is -0.130. The molecule has 0 spiro atoms. The topological polar surface area (TPSA) is 164 Å². The van der Waals surface area contributed by atoms with Crippen molar-refractivity contribution in [2.24, 2.45) is 0 Å². The van der Waals surface area contributed by atoms with Crippen LogP contribution in [-0.4, -0.2) is 102 Å². The maximum atomic E-state index is 11.9. The van der Waals surface area contributed by atoms with Gasteiger partial charge in [-0.2, -0.15) is 23.5 Å². The number of thioether (sulfide) groups is 2. The van der Waals surface area contributed by atoms with Gasteiger partial charge in [-0.3, -0.25) is 9.59 Å². The Morgan fingerprint density at radius 2 is 1.12 bits per heavy atom. The zero-order chi connectivity index (χ0) is 29.2. The summed E-state index contributed by atoms with van der Waals surface area (Å²) in [6, 6.07) is 15.8. The van der Waals surface area contributed by atoms with Crippen LogP contribution in [0.5, 0.6) is 11.5 Å². The van der Waals surface area contributed by atoms with Gasteiger partial charge in [-0.25, -0.2) is 9.36 Å². The maximum absolute atomic E-state index is 11.9. The molecule has 4 aromatic rings. The van der Waals surface area contributed by atoms with Crippen LogP contribution in [0.3, 0.4) is 0 Å². The number of carbonyl (C=O) groups excluding carboxylic acids is 2. The average molecular weight is 613 g/mol. The Labute approximate surface area is 251 Å². The third kappa shape index (κ3) is 10.7. The Balaban J connectivity index is 1.13. The molecule has 0 aliphatic rings. The van der Waals surface area contributed by atoms with Crippen molar-refractivity contribution < 1.29 is 19.1 Å². The van der Waals surface area contributed by atoms with Crippen LogP contribution in [-0.2, 0) is 22.7 Å². The third-order valence-electron chi connectivity index (χ3n) is 5.57. The lowest BCUT2D eigenvalue weighted by atomic mass is 10.0. The number of nitrogens with one attached hydrogen (secondary N) is 2. The fourth-order valence-corrected chi connectivity index (χ4v) is 5.00. The first-order chi connectivity index (χ1) is 20.7. The van der Waals surface area contributed by atoms with Crippen molar-refractivity contribution in [3.05, 3.63) is 61.2 Å². The molecule has 0 fully saturated rings. The monoisotopic (exact) mass is 612 g/mol. The van der Waals surface area contributed by atoms with E-state index in [1.165, 1.54) is 22.0 Å². The molecule has 42 heavy (non-hydrogen) atoms. The van der Waals surface area contributed by atoms with Crippen molar-refractivity contribution in [3.8, 4) is 22.6 Å². The summed E-state index contributed by atoms with van der Waals surface area (Å²) in [5, 5.41) is 27.1. The summed E-state index contributed by atoms with van der Waals surface area (Å²) in [4.78, 5) is 23.8. The second kappa shape index (κ2) is 17.6. The number of aromatic nitrogens is 8. The van der Waals surface area contributed by atoms with E-state index in [2.05, 4.69) is 41.7 Å². The zero-order valence-electron chi connectivity index (χ0n) is 22.9. The molecule has 4 rings (SSSR count). The summed E-state index contributed by atoms with van der Waals surface area (Å²) in [6.07, 6.45) is 2.81. The first kappa shape index (κ1) is 30.8. The number of ether oxygens (including phenoxy) is 2. The Hall–Kier alpha value is -4.18. The lowest BCUT2D eigenvalue weighted by molar-refractivity contribution is -0.122. The number of carbonyl (C=O) groups is 2. The molecule has 2 heterocycles. The minimum Gasteiger partial charge on any atom is -0.492 e. The Morgan fingerprint density at radius 1 is 0.667 bits per heavy atom. The summed E-state index contributed by atoms with van der Waals surface area (Å²) >= 11 is 3.41. The normalized spacial score (nSPS) is 10.8. The number of para-hydroxylation sites is 2. The van der Waals surface area contributed by atoms with Gasteiger partial charge in [-0.15, -0.1) is 10.2 Å². The SMILES string of the molecule is O=C(Cn1cnnn1)NCCSCCOc1ccccc1-c1ccccc1OCCSCCNC(=O)Cn1cnnn1. The van der Waals surface area contributed by atoms with Gasteiger partial charge in [0.15, 0.2) is 0 Å².